The molecule has 1 aromatic carbocycles. The van der Waals surface area contributed by atoms with Gasteiger partial charge in [0, 0.05) is 31.7 Å². The van der Waals surface area contributed by atoms with Gasteiger partial charge in [0.25, 0.3) is 0 Å². The number of carbonyl (C=O) groups is 4. The lowest BCUT2D eigenvalue weighted by molar-refractivity contribution is -0.160. The van der Waals surface area contributed by atoms with Crippen molar-refractivity contribution >= 4 is 23.7 Å². The van der Waals surface area contributed by atoms with Gasteiger partial charge in [-0.1, -0.05) is 63.3 Å². The number of aliphatic hydroxyl groups excluding tert-OH is 1. The molecular formula is C38H55N3O7. The Labute approximate surface area is 285 Å². The van der Waals surface area contributed by atoms with E-state index in [-0.39, 0.29) is 49.3 Å². The van der Waals surface area contributed by atoms with Gasteiger partial charge < -0.3 is 29.7 Å². The van der Waals surface area contributed by atoms with E-state index in [4.69, 9.17) is 9.47 Å². The minimum Gasteiger partial charge on any atom is -0.455 e. The van der Waals surface area contributed by atoms with Gasteiger partial charge in [-0.15, -0.1) is 13.2 Å². The number of hydrogen-bond donors (Lipinski definition) is 2. The topological polar surface area (TPSA) is 125 Å². The summed E-state index contributed by atoms with van der Waals surface area (Å²) in [6.07, 6.45) is 5.49. The number of benzene rings is 1. The highest BCUT2D eigenvalue weighted by Crippen LogP contribution is 2.59. The van der Waals surface area contributed by atoms with E-state index in [0.717, 1.165) is 0 Å². The third-order valence-electron chi connectivity index (χ3n) is 9.87. The zero-order chi connectivity index (χ0) is 35.3. The zero-order valence-electron chi connectivity index (χ0n) is 29.4. The van der Waals surface area contributed by atoms with Crippen LogP contribution in [0.5, 0.6) is 0 Å². The van der Waals surface area contributed by atoms with E-state index in [0.29, 0.717) is 50.6 Å². The predicted octanol–water partition coefficient (Wildman–Crippen LogP) is 4.73. The highest BCUT2D eigenvalue weighted by Gasteiger charge is 2.75. The summed E-state index contributed by atoms with van der Waals surface area (Å²) in [5.74, 6) is -3.06. The molecule has 1 spiro atoms. The quantitative estimate of drug-likeness (QED) is 0.140. The Bertz CT molecular complexity index is 1340. The molecule has 3 aliphatic rings. The van der Waals surface area contributed by atoms with Crippen molar-refractivity contribution in [2.45, 2.75) is 109 Å². The van der Waals surface area contributed by atoms with Crippen LogP contribution in [0.3, 0.4) is 0 Å². The molecule has 48 heavy (non-hydrogen) atoms. The van der Waals surface area contributed by atoms with E-state index < -0.39 is 47.2 Å². The van der Waals surface area contributed by atoms with Gasteiger partial charge in [0.15, 0.2) is 0 Å². The number of allylic oxidation sites excluding steroid dienone is 1. The summed E-state index contributed by atoms with van der Waals surface area (Å²) in [5.41, 5.74) is -1.11. The second-order valence-electron chi connectivity index (χ2n) is 15.3. The number of carbonyl (C=O) groups excluding carboxylic acids is 4. The van der Waals surface area contributed by atoms with Crippen molar-refractivity contribution in [3.8, 4) is 0 Å². The van der Waals surface area contributed by atoms with Gasteiger partial charge in [-0.2, -0.15) is 0 Å². The lowest BCUT2D eigenvalue weighted by atomic mass is 9.70. The first-order valence-electron chi connectivity index (χ1n) is 17.4. The summed E-state index contributed by atoms with van der Waals surface area (Å²) in [7, 11) is 0. The Balaban J connectivity index is 1.66. The van der Waals surface area contributed by atoms with Crippen LogP contribution in [0.15, 0.2) is 55.6 Å². The minimum atomic E-state index is -1.18. The van der Waals surface area contributed by atoms with Crippen molar-refractivity contribution in [2.75, 3.05) is 26.2 Å². The molecule has 3 amide bonds. The van der Waals surface area contributed by atoms with Crippen LogP contribution in [0.25, 0.3) is 0 Å². The number of esters is 1. The van der Waals surface area contributed by atoms with Crippen LogP contribution in [-0.4, -0.2) is 88.1 Å². The zero-order valence-corrected chi connectivity index (χ0v) is 29.4. The SMILES string of the molecule is C=CCCC(=O)NC[C@H](OC(=O)[C@@H]1[C@@H]2CC[C@]3(O2)[C@H](C(=O)N(CC=C)C(C)(C)CC(C)(C)C)N(CCCCO)C(=O)[C@@H]13)c1ccccc1. The van der Waals surface area contributed by atoms with Crippen molar-refractivity contribution < 1.29 is 33.8 Å². The van der Waals surface area contributed by atoms with Gasteiger partial charge >= 0.3 is 5.97 Å². The Kier molecular flexibility index (Phi) is 11.9. The monoisotopic (exact) mass is 665 g/mol. The lowest BCUT2D eigenvalue weighted by Crippen LogP contribution is -2.61. The van der Waals surface area contributed by atoms with Gasteiger partial charge in [0.2, 0.25) is 17.7 Å². The highest BCUT2D eigenvalue weighted by atomic mass is 16.6. The van der Waals surface area contributed by atoms with Crippen LogP contribution in [0.1, 0.15) is 91.2 Å². The Morgan fingerprint density at radius 1 is 1.15 bits per heavy atom. The number of amides is 3. The Hall–Kier alpha value is -3.50. The predicted molar refractivity (Wildman–Crippen MR) is 183 cm³/mol. The number of ether oxygens (including phenoxy) is 2. The summed E-state index contributed by atoms with van der Waals surface area (Å²) in [5, 5.41) is 12.4. The first-order chi connectivity index (χ1) is 22.7. The van der Waals surface area contributed by atoms with E-state index in [1.165, 1.54) is 0 Å². The van der Waals surface area contributed by atoms with Gasteiger partial charge in [0.05, 0.1) is 24.5 Å². The highest BCUT2D eigenvalue weighted by molar-refractivity contribution is 5.98. The van der Waals surface area contributed by atoms with E-state index >= 15 is 0 Å². The maximum atomic E-state index is 14.8. The van der Waals surface area contributed by atoms with Gasteiger partial charge in [-0.25, -0.2) is 0 Å². The first kappa shape index (κ1) is 37.3. The molecule has 4 rings (SSSR count). The molecule has 0 aliphatic carbocycles. The average molecular weight is 666 g/mol. The summed E-state index contributed by atoms with van der Waals surface area (Å²) in [6.45, 7) is 18.7. The molecule has 0 saturated carbocycles. The molecule has 0 aromatic heterocycles. The number of likely N-dealkylation sites (tertiary alicyclic amines) is 1. The average Bonchev–Trinajstić information content (AvgIpc) is 3.67. The van der Waals surface area contributed by atoms with E-state index in [9.17, 15) is 24.3 Å². The lowest BCUT2D eigenvalue weighted by Gasteiger charge is -2.45. The Morgan fingerprint density at radius 3 is 2.48 bits per heavy atom. The fourth-order valence-corrected chi connectivity index (χ4v) is 8.28. The second kappa shape index (κ2) is 15.4. The molecule has 1 aromatic rings. The summed E-state index contributed by atoms with van der Waals surface area (Å²) >= 11 is 0. The molecule has 3 saturated heterocycles. The van der Waals surface area contributed by atoms with Crippen molar-refractivity contribution in [1.29, 1.82) is 0 Å². The molecule has 2 bridgehead atoms. The third-order valence-corrected chi connectivity index (χ3v) is 9.87. The van der Waals surface area contributed by atoms with Crippen LogP contribution < -0.4 is 5.32 Å². The molecule has 0 unspecified atom stereocenters. The molecule has 3 fully saturated rings. The summed E-state index contributed by atoms with van der Waals surface area (Å²) in [4.78, 5) is 59.3. The largest absolute Gasteiger partial charge is 0.455 e. The van der Waals surface area contributed by atoms with E-state index in [1.807, 2.05) is 49.1 Å². The van der Waals surface area contributed by atoms with Crippen LogP contribution in [0.4, 0.5) is 0 Å². The number of fused-ring (bicyclic) bond motifs is 1. The van der Waals surface area contributed by atoms with Crippen molar-refractivity contribution in [1.82, 2.24) is 15.1 Å². The molecule has 3 aliphatic heterocycles. The minimum absolute atomic E-state index is 0.0328. The number of nitrogens with one attached hydrogen (secondary N) is 1. The standard InChI is InChI=1S/C38H55N3O7/c1-8-10-18-29(43)39-24-28(26-16-12-11-13-17-26)47-35(46)30-27-19-20-38(48-27)31(30)33(44)40(22-14-15-23-42)32(38)34(45)41(21-9-2)37(6,7)25-36(3,4)5/h8-9,11-13,16-17,27-28,30-32,42H,1-2,10,14-15,18-25H2,3-7H3,(H,39,43)/t27-,28-,30+,31+,32-,38+/m0/s1. The molecule has 264 valence electrons. The molecule has 3 heterocycles. The number of aliphatic hydroxyl groups is 1. The van der Waals surface area contributed by atoms with Crippen molar-refractivity contribution in [3.63, 3.8) is 0 Å². The number of hydrogen-bond acceptors (Lipinski definition) is 7. The molecular weight excluding hydrogens is 610 g/mol. The first-order valence-corrected chi connectivity index (χ1v) is 17.4. The summed E-state index contributed by atoms with van der Waals surface area (Å²) in [6, 6.07) is 8.27. The fraction of sp³-hybridized carbons (Fsp3) is 0.632. The maximum Gasteiger partial charge on any atom is 0.313 e. The number of nitrogens with zero attached hydrogens (tertiary/aromatic N) is 2. The summed E-state index contributed by atoms with van der Waals surface area (Å²) < 4.78 is 12.8. The smallest absolute Gasteiger partial charge is 0.313 e. The Morgan fingerprint density at radius 2 is 1.85 bits per heavy atom. The van der Waals surface area contributed by atoms with Gasteiger partial charge in [-0.05, 0) is 63.4 Å². The molecule has 10 nitrogen and oxygen atoms in total. The molecule has 10 heteroatoms. The number of rotatable bonds is 17. The van der Waals surface area contributed by atoms with Crippen molar-refractivity contribution in [2.24, 2.45) is 17.3 Å². The van der Waals surface area contributed by atoms with Crippen LogP contribution in [-0.2, 0) is 28.7 Å². The normalized spacial score (nSPS) is 25.4. The van der Waals surface area contributed by atoms with Crippen LogP contribution in [0, 0.1) is 17.3 Å². The van der Waals surface area contributed by atoms with Gasteiger partial charge in [0.1, 0.15) is 17.7 Å². The third kappa shape index (κ3) is 7.86. The van der Waals surface area contributed by atoms with Gasteiger partial charge in [-0.3, -0.25) is 19.2 Å². The molecule has 2 N–H and O–H groups in total. The molecule has 0 radical (unpaired) electrons. The van der Waals surface area contributed by atoms with E-state index in [2.05, 4.69) is 39.2 Å². The number of unbranched alkanes of at least 4 members (excludes halogenated alkanes) is 1. The van der Waals surface area contributed by atoms with Crippen LogP contribution in [0.2, 0.25) is 0 Å². The van der Waals surface area contributed by atoms with E-state index in [1.54, 1.807) is 17.1 Å². The van der Waals surface area contributed by atoms with Crippen LogP contribution >= 0.6 is 0 Å². The second-order valence-corrected chi connectivity index (χ2v) is 15.3. The van der Waals surface area contributed by atoms with Crippen molar-refractivity contribution in [3.05, 3.63) is 61.2 Å². The molecule has 6 atom stereocenters. The maximum absolute atomic E-state index is 14.8. The fourth-order valence-electron chi connectivity index (χ4n) is 8.28.